The maximum atomic E-state index is 12.6. The second-order valence-electron chi connectivity index (χ2n) is 6.56. The largest absolute Gasteiger partial charge is 0.389 e. The van der Waals surface area contributed by atoms with Crippen LogP contribution in [-0.2, 0) is 7.05 Å². The third-order valence-electron chi connectivity index (χ3n) is 4.81. The minimum absolute atomic E-state index is 0.0710. The second kappa shape index (κ2) is 4.37. The van der Waals surface area contributed by atoms with Gasteiger partial charge in [-0.25, -0.2) is 0 Å². The van der Waals surface area contributed by atoms with Crippen molar-refractivity contribution >= 4 is 5.91 Å². The Morgan fingerprint density at radius 1 is 1.37 bits per heavy atom. The van der Waals surface area contributed by atoms with Crippen LogP contribution in [0.15, 0.2) is 12.3 Å². The van der Waals surface area contributed by atoms with Crippen LogP contribution < -0.4 is 0 Å². The van der Waals surface area contributed by atoms with Crippen LogP contribution in [0.4, 0.5) is 0 Å². The molecule has 4 nitrogen and oxygen atoms in total. The van der Waals surface area contributed by atoms with E-state index in [9.17, 15) is 9.90 Å². The number of amides is 1. The van der Waals surface area contributed by atoms with Gasteiger partial charge in [0.2, 0.25) is 0 Å². The minimum atomic E-state index is -0.713. The molecule has 0 unspecified atom stereocenters. The van der Waals surface area contributed by atoms with Gasteiger partial charge < -0.3 is 14.6 Å². The molecule has 1 aromatic heterocycles. The number of aryl methyl sites for hydroxylation is 1. The summed E-state index contributed by atoms with van der Waals surface area (Å²) in [5.41, 5.74) is 0.749. The van der Waals surface area contributed by atoms with Crippen LogP contribution in [0.3, 0.4) is 0 Å². The highest BCUT2D eigenvalue weighted by atomic mass is 16.3. The van der Waals surface area contributed by atoms with Crippen LogP contribution in [0.5, 0.6) is 0 Å². The molecular weight excluding hydrogens is 240 g/mol. The topological polar surface area (TPSA) is 45.5 Å². The smallest absolute Gasteiger partial charge is 0.255 e. The van der Waals surface area contributed by atoms with Crippen LogP contribution in [0.2, 0.25) is 0 Å². The fraction of sp³-hybridized carbons (Fsp3) is 0.667. The summed E-state index contributed by atoms with van der Waals surface area (Å²) in [6.07, 6.45) is 2.53. The van der Waals surface area contributed by atoms with E-state index in [1.165, 1.54) is 0 Å². The van der Waals surface area contributed by atoms with Crippen LogP contribution in [0, 0.1) is 12.3 Å². The first kappa shape index (κ1) is 14.1. The summed E-state index contributed by atoms with van der Waals surface area (Å²) in [7, 11) is 1.94. The molecule has 0 aromatic carbocycles. The zero-order valence-electron chi connectivity index (χ0n) is 12.5. The van der Waals surface area contributed by atoms with Gasteiger partial charge in [0, 0.05) is 37.4 Å². The number of carbonyl (C=O) groups is 1. The van der Waals surface area contributed by atoms with Crippen molar-refractivity contribution in [1.82, 2.24) is 9.47 Å². The van der Waals surface area contributed by atoms with Crippen molar-refractivity contribution in [3.05, 3.63) is 23.5 Å². The van der Waals surface area contributed by atoms with E-state index in [0.717, 1.165) is 11.3 Å². The molecule has 4 heteroatoms. The van der Waals surface area contributed by atoms with E-state index in [1.54, 1.807) is 0 Å². The number of hydrogen-bond donors (Lipinski definition) is 1. The van der Waals surface area contributed by atoms with Gasteiger partial charge in [0.1, 0.15) is 0 Å². The summed E-state index contributed by atoms with van der Waals surface area (Å²) in [5.74, 6) is 0.0710. The average Bonchev–Trinajstić information content (AvgIpc) is 2.63. The molecular formula is C15H24N2O2. The molecule has 0 saturated carbocycles. The van der Waals surface area contributed by atoms with Crippen molar-refractivity contribution in [3.63, 3.8) is 0 Å². The van der Waals surface area contributed by atoms with Gasteiger partial charge in [-0.2, -0.15) is 0 Å². The van der Waals surface area contributed by atoms with Gasteiger partial charge in [0.05, 0.1) is 11.2 Å². The van der Waals surface area contributed by atoms with E-state index in [-0.39, 0.29) is 11.3 Å². The molecule has 0 bridgehead atoms. The van der Waals surface area contributed by atoms with Gasteiger partial charge in [-0.3, -0.25) is 4.79 Å². The number of piperidine rings is 1. The molecule has 1 aliphatic rings. The summed E-state index contributed by atoms with van der Waals surface area (Å²) in [4.78, 5) is 14.4. The fourth-order valence-corrected chi connectivity index (χ4v) is 2.60. The molecule has 0 aliphatic carbocycles. The number of carbonyl (C=O) groups excluding carboxylic acids is 1. The molecule has 1 aliphatic heterocycles. The molecule has 1 amide bonds. The van der Waals surface area contributed by atoms with E-state index in [4.69, 9.17) is 0 Å². The number of likely N-dealkylation sites (tertiary alicyclic amines) is 1. The van der Waals surface area contributed by atoms with Crippen molar-refractivity contribution in [2.24, 2.45) is 12.5 Å². The SMILES string of the molecule is Cc1c(C(=O)N2CC[C@](C)(O)C(C)(C)C2)ccn1C. The maximum absolute atomic E-state index is 12.6. The molecule has 19 heavy (non-hydrogen) atoms. The van der Waals surface area contributed by atoms with Crippen molar-refractivity contribution < 1.29 is 9.90 Å². The Morgan fingerprint density at radius 2 is 2.00 bits per heavy atom. The highest BCUT2D eigenvalue weighted by molar-refractivity contribution is 5.95. The van der Waals surface area contributed by atoms with E-state index in [1.807, 2.05) is 56.5 Å². The van der Waals surface area contributed by atoms with Gasteiger partial charge in [0.25, 0.3) is 5.91 Å². The second-order valence-corrected chi connectivity index (χ2v) is 6.56. The van der Waals surface area contributed by atoms with E-state index >= 15 is 0 Å². The predicted molar refractivity (Wildman–Crippen MR) is 75.1 cm³/mol. The van der Waals surface area contributed by atoms with Gasteiger partial charge in [-0.05, 0) is 26.3 Å². The third kappa shape index (κ3) is 2.29. The number of rotatable bonds is 1. The van der Waals surface area contributed by atoms with Crippen LogP contribution in [-0.4, -0.2) is 39.2 Å². The van der Waals surface area contributed by atoms with Gasteiger partial charge in [0.15, 0.2) is 0 Å². The first-order valence-electron chi connectivity index (χ1n) is 6.79. The summed E-state index contributed by atoms with van der Waals surface area (Å²) in [6, 6.07) is 1.87. The number of hydrogen-bond acceptors (Lipinski definition) is 2. The summed E-state index contributed by atoms with van der Waals surface area (Å²) < 4.78 is 1.96. The standard InChI is InChI=1S/C15H24N2O2/c1-11-12(6-8-16(11)5)13(18)17-9-7-15(4,19)14(2,3)10-17/h6,8,19H,7,9-10H2,1-5H3/t15-/m0/s1. The average molecular weight is 264 g/mol. The molecule has 1 aromatic rings. The zero-order chi connectivity index (χ0) is 14.4. The monoisotopic (exact) mass is 264 g/mol. The summed E-state index contributed by atoms with van der Waals surface area (Å²) in [6.45, 7) is 9.06. The van der Waals surface area contributed by atoms with Crippen LogP contribution in [0.1, 0.15) is 43.2 Å². The molecule has 1 atom stereocenters. The molecule has 2 rings (SSSR count). The highest BCUT2D eigenvalue weighted by Gasteiger charge is 2.45. The Hall–Kier alpha value is -1.29. The lowest BCUT2D eigenvalue weighted by molar-refractivity contribution is -0.0971. The van der Waals surface area contributed by atoms with Crippen LogP contribution in [0.25, 0.3) is 0 Å². The van der Waals surface area contributed by atoms with E-state index < -0.39 is 5.60 Å². The van der Waals surface area contributed by atoms with Gasteiger partial charge in [-0.15, -0.1) is 0 Å². The predicted octanol–water partition coefficient (Wildman–Crippen LogP) is 1.96. The lowest BCUT2D eigenvalue weighted by Crippen LogP contribution is -2.57. The van der Waals surface area contributed by atoms with Gasteiger partial charge >= 0.3 is 0 Å². The Labute approximate surface area is 115 Å². The highest BCUT2D eigenvalue weighted by Crippen LogP contribution is 2.38. The Bertz CT molecular complexity index is 500. The van der Waals surface area contributed by atoms with Crippen molar-refractivity contribution in [1.29, 1.82) is 0 Å². The minimum Gasteiger partial charge on any atom is -0.389 e. The summed E-state index contributed by atoms with van der Waals surface area (Å²) >= 11 is 0. The molecule has 0 spiro atoms. The number of aromatic nitrogens is 1. The molecule has 2 heterocycles. The zero-order valence-corrected chi connectivity index (χ0v) is 12.5. The Kier molecular flexibility index (Phi) is 3.25. The first-order valence-corrected chi connectivity index (χ1v) is 6.79. The third-order valence-corrected chi connectivity index (χ3v) is 4.81. The van der Waals surface area contributed by atoms with Gasteiger partial charge in [-0.1, -0.05) is 13.8 Å². The first-order chi connectivity index (χ1) is 8.66. The number of aliphatic hydroxyl groups is 1. The molecule has 1 fully saturated rings. The van der Waals surface area contributed by atoms with Crippen molar-refractivity contribution in [2.75, 3.05) is 13.1 Å². The molecule has 1 saturated heterocycles. The Morgan fingerprint density at radius 3 is 2.47 bits per heavy atom. The molecule has 0 radical (unpaired) electrons. The fourth-order valence-electron chi connectivity index (χ4n) is 2.60. The normalized spacial score (nSPS) is 26.5. The Balaban J connectivity index is 2.21. The molecule has 1 N–H and O–H groups in total. The summed E-state index contributed by atoms with van der Waals surface area (Å²) in [5, 5.41) is 10.4. The number of nitrogens with zero attached hydrogens (tertiary/aromatic N) is 2. The van der Waals surface area contributed by atoms with E-state index in [0.29, 0.717) is 19.5 Å². The lowest BCUT2D eigenvalue weighted by atomic mass is 9.71. The van der Waals surface area contributed by atoms with Crippen LogP contribution >= 0.6 is 0 Å². The molecule has 106 valence electrons. The van der Waals surface area contributed by atoms with Crippen molar-refractivity contribution in [3.8, 4) is 0 Å². The lowest BCUT2D eigenvalue weighted by Gasteiger charge is -2.48. The van der Waals surface area contributed by atoms with E-state index in [2.05, 4.69) is 0 Å². The van der Waals surface area contributed by atoms with Crippen molar-refractivity contribution in [2.45, 2.75) is 39.7 Å². The maximum Gasteiger partial charge on any atom is 0.255 e. The quantitative estimate of drug-likeness (QED) is 0.842.